The SMILES string of the molecule is N#C/C(=C\c1ccc2c(c1)SCCN2CCO)c1nc2ccccc2s1.N#C/C(=C\c1ccc2c(c1)SCCN2CCOC(=O)NCc1ccc(COc2nc(N)nc3c2N=CC3)cc1)c1nc2ccccc2s1.NCc1ccc(COc2nc(N)nc3nc[nH]c23)cc1.O=Cc1ccc2c(c1)SCCN2CCO. The summed E-state index contributed by atoms with van der Waals surface area (Å²) < 4.78 is 19.2. The number of carbonyl (C=O) groups excluding carboxylic acids is 2. The molecule has 0 saturated carbocycles. The van der Waals surface area contributed by atoms with Crippen molar-refractivity contribution in [2.75, 3.05) is 103 Å². The first-order valence-corrected chi connectivity index (χ1v) is 39.4. The maximum atomic E-state index is 12.5. The first-order chi connectivity index (χ1) is 53.4. The fraction of sp³-hybridized carbons (Fsp3) is 0.215. The average Bonchev–Trinajstić information content (AvgIpc) is 1.47. The number of benzene rings is 7. The fourth-order valence-corrected chi connectivity index (χ4v) is 17.1. The number of aliphatic hydroxyl groups is 2. The molecule has 12 aromatic rings. The van der Waals surface area contributed by atoms with Gasteiger partial charge >= 0.3 is 6.09 Å². The van der Waals surface area contributed by atoms with E-state index in [0.717, 1.165) is 135 Å². The third-order valence-electron chi connectivity index (χ3n) is 17.4. The number of carbonyl (C=O) groups is 2. The Morgan fingerprint density at radius 2 is 1.09 bits per heavy atom. The van der Waals surface area contributed by atoms with E-state index < -0.39 is 6.09 Å². The lowest BCUT2D eigenvalue weighted by atomic mass is 10.1. The van der Waals surface area contributed by atoms with Crippen molar-refractivity contribution in [1.82, 2.24) is 45.2 Å². The van der Waals surface area contributed by atoms with Crippen molar-refractivity contribution in [3.8, 4) is 23.9 Å². The number of aliphatic imine (C=N–C) groups is 1. The number of aliphatic hydroxyl groups excluding tert-OH is 2. The number of β-amino-alcohol motifs (C(OH)–C–C–N with tert-alkyl or cyclic N) is 2. The molecule has 25 nitrogen and oxygen atoms in total. The minimum absolute atomic E-state index is 0.137. The van der Waals surface area contributed by atoms with E-state index in [4.69, 9.17) is 36.5 Å². The van der Waals surface area contributed by atoms with Crippen molar-refractivity contribution in [1.29, 1.82) is 10.5 Å². The Labute approximate surface area is 648 Å². The summed E-state index contributed by atoms with van der Waals surface area (Å²) in [6, 6.07) is 54.2. The summed E-state index contributed by atoms with van der Waals surface area (Å²) in [5.41, 5.74) is 32.5. The molecule has 0 saturated heterocycles. The third kappa shape index (κ3) is 19.5. The number of nitrogens with one attached hydrogen (secondary N) is 2. The monoisotopic (exact) mass is 1550 g/mol. The van der Waals surface area contributed by atoms with Gasteiger partial charge in [-0.15, -0.1) is 58.0 Å². The number of rotatable bonds is 21. The third-order valence-corrected chi connectivity index (χ3v) is 22.6. The lowest BCUT2D eigenvalue weighted by Crippen LogP contribution is -2.34. The molecular weight excluding hydrogens is 1470 g/mol. The largest absolute Gasteiger partial charge is 0.471 e. The number of nitrogen functional groups attached to an aromatic ring is 2. The Balaban J connectivity index is 0.000000143. The molecule has 0 aliphatic carbocycles. The number of imidazole rings is 1. The van der Waals surface area contributed by atoms with Crippen molar-refractivity contribution in [3.63, 3.8) is 0 Å². The van der Waals surface area contributed by atoms with E-state index >= 15 is 0 Å². The Morgan fingerprint density at radius 3 is 1.62 bits per heavy atom. The Bertz CT molecular complexity index is 5340. The molecule has 109 heavy (non-hydrogen) atoms. The minimum Gasteiger partial charge on any atom is -0.471 e. The van der Waals surface area contributed by atoms with Gasteiger partial charge in [0.05, 0.1) is 80.4 Å². The predicted octanol–water partition coefficient (Wildman–Crippen LogP) is 13.0. The quantitative estimate of drug-likeness (QED) is 0.0259. The predicted molar refractivity (Wildman–Crippen MR) is 436 cm³/mol. The highest BCUT2D eigenvalue weighted by Crippen LogP contribution is 2.40. The van der Waals surface area contributed by atoms with Gasteiger partial charge in [-0.3, -0.25) is 9.79 Å². The number of hydrogen-bond acceptors (Lipinski definition) is 28. The number of allylic oxidation sites excluding steroid dienone is 2. The second-order valence-corrected chi connectivity index (χ2v) is 30.1. The van der Waals surface area contributed by atoms with Crippen LogP contribution in [0.3, 0.4) is 0 Å². The molecule has 30 heteroatoms. The van der Waals surface area contributed by atoms with Gasteiger partial charge in [-0.05, 0) is 112 Å². The Kier molecular flexibility index (Phi) is 25.7. The maximum absolute atomic E-state index is 12.5. The Morgan fingerprint density at radius 1 is 0.596 bits per heavy atom. The molecule has 5 aromatic heterocycles. The van der Waals surface area contributed by atoms with Crippen LogP contribution in [-0.4, -0.2) is 145 Å². The average molecular weight is 1550 g/mol. The number of nitrogens with zero attached hydrogens (tertiary/aromatic N) is 13. The van der Waals surface area contributed by atoms with E-state index in [9.17, 15) is 25.2 Å². The number of alkyl carbamates (subject to hydrolysis) is 1. The fourth-order valence-electron chi connectivity index (χ4n) is 12.0. The summed E-state index contributed by atoms with van der Waals surface area (Å²) in [5, 5.41) is 41.9. The van der Waals surface area contributed by atoms with Crippen LogP contribution in [0.5, 0.6) is 11.8 Å². The van der Waals surface area contributed by atoms with E-state index in [2.05, 4.69) is 101 Å². The van der Waals surface area contributed by atoms with E-state index in [1.165, 1.54) is 22.6 Å². The molecule has 9 heterocycles. The second kappa shape index (κ2) is 36.9. The van der Waals surface area contributed by atoms with Crippen molar-refractivity contribution in [2.24, 2.45) is 10.7 Å². The van der Waals surface area contributed by atoms with E-state index in [1.54, 1.807) is 41.1 Å². The molecule has 0 fully saturated rings. The lowest BCUT2D eigenvalue weighted by molar-refractivity contribution is 0.112. The standard InChI is InChI=1S/C35H30N8O3S2.C20H17N3OS2.C13H14N6O.C11H13NO2S/c36-19-25(33-40-26-3-1-2-4-29(26)48-33)17-24-9-10-28-30(18-24)47-16-14-43(28)13-15-45-35(44)39-20-22-5-7-23(8-6-22)21-46-32-31-27(11-12-38-31)41-34(37)42-32;21-13-15(20-22-16-3-1-2-4-18(16)26-20)11-14-5-6-17-19(12-14)25-10-8-23(17)7-9-24;14-5-8-1-3-9(4-2-8)6-20-12-10-11(17-7-16-10)18-13(15)19-12;13-5-3-12-4-6-15-11-7-9(8-14)1-2-10(11)12/h1-10,12,17-18H,11,13-16,20-21H2,(H,39,44)(H2,37,41,42);1-6,11-12,24H,7-10H2;1-4,7H,5-6,14H2,(H3,15,16,17,18,19);1-2,7-8,13H,3-6H2/b25-17+;15-11+;;. The molecule has 0 spiro atoms. The number of nitriles is 2. The zero-order chi connectivity index (χ0) is 75.4. The molecule has 0 atom stereocenters. The smallest absolute Gasteiger partial charge is 0.407 e. The van der Waals surface area contributed by atoms with E-state index in [-0.39, 0.29) is 31.7 Å². The number of para-hydroxylation sites is 2. The number of thiazole rings is 2. The minimum atomic E-state index is -0.468. The summed E-state index contributed by atoms with van der Waals surface area (Å²) in [6.45, 7) is 6.77. The highest BCUT2D eigenvalue weighted by Gasteiger charge is 2.23. The van der Waals surface area contributed by atoms with Crippen LogP contribution in [0.1, 0.15) is 59.4 Å². The number of fused-ring (bicyclic) bond motifs is 7. The van der Waals surface area contributed by atoms with Crippen LogP contribution in [0, 0.1) is 22.7 Å². The van der Waals surface area contributed by atoms with Crippen LogP contribution in [0.25, 0.3) is 54.9 Å². The highest BCUT2D eigenvalue weighted by atomic mass is 32.2. The second-order valence-electron chi connectivity index (χ2n) is 24.7. The first kappa shape index (κ1) is 75.8. The van der Waals surface area contributed by atoms with Gasteiger partial charge in [0.25, 0.3) is 0 Å². The van der Waals surface area contributed by atoms with Crippen molar-refractivity contribution in [3.05, 3.63) is 213 Å². The van der Waals surface area contributed by atoms with Gasteiger partial charge in [0.15, 0.2) is 5.65 Å². The van der Waals surface area contributed by atoms with Crippen molar-refractivity contribution in [2.45, 2.75) is 47.4 Å². The number of nitrogens with two attached hydrogens (primary N) is 3. The normalized spacial score (nSPS) is 13.4. The van der Waals surface area contributed by atoms with Crippen molar-refractivity contribution < 1.29 is 34.0 Å². The molecule has 1 amide bonds. The van der Waals surface area contributed by atoms with Gasteiger partial charge < -0.3 is 66.6 Å². The number of amides is 1. The summed E-state index contributed by atoms with van der Waals surface area (Å²) >= 11 is 8.43. The van der Waals surface area contributed by atoms with Gasteiger partial charge in [-0.1, -0.05) is 84.9 Å². The number of aldehydes is 1. The van der Waals surface area contributed by atoms with Crippen LogP contribution in [0.4, 0.5) is 39.4 Å². The van der Waals surface area contributed by atoms with Crippen LogP contribution in [-0.2, 0) is 37.5 Å². The molecule has 4 aliphatic heterocycles. The van der Waals surface area contributed by atoms with Crippen LogP contribution in [0.15, 0.2) is 178 Å². The van der Waals surface area contributed by atoms with E-state index in [0.29, 0.717) is 103 Å². The summed E-state index contributed by atoms with van der Waals surface area (Å²) in [7, 11) is 0. The first-order valence-electron chi connectivity index (χ1n) is 34.8. The van der Waals surface area contributed by atoms with Gasteiger partial charge in [-0.25, -0.2) is 24.7 Å². The molecular formula is C79H74N18O7S5. The van der Waals surface area contributed by atoms with Crippen LogP contribution >= 0.6 is 58.0 Å². The lowest BCUT2D eigenvalue weighted by Gasteiger charge is -2.30. The molecule has 0 bridgehead atoms. The topological polar surface area (TPSA) is 368 Å². The summed E-state index contributed by atoms with van der Waals surface area (Å²) in [5.74, 6) is 4.00. The number of thioether (sulfide) groups is 3. The van der Waals surface area contributed by atoms with Gasteiger partial charge in [0.1, 0.15) is 59.5 Å². The Hall–Kier alpha value is -11.5. The van der Waals surface area contributed by atoms with Gasteiger partial charge in [0.2, 0.25) is 23.7 Å². The molecule has 10 N–H and O–H groups in total. The van der Waals surface area contributed by atoms with Gasteiger partial charge in [0, 0.05) is 96.0 Å². The highest BCUT2D eigenvalue weighted by molar-refractivity contribution is 8.00. The number of aromatic amines is 1. The molecule has 0 radical (unpaired) electrons. The zero-order valence-corrected chi connectivity index (χ0v) is 62.9. The molecule has 552 valence electrons. The zero-order valence-electron chi connectivity index (χ0n) is 58.9. The molecule has 7 aromatic carbocycles. The van der Waals surface area contributed by atoms with Gasteiger partial charge in [-0.2, -0.15) is 25.5 Å². The molecule has 4 aliphatic rings. The summed E-state index contributed by atoms with van der Waals surface area (Å²) in [6.07, 6.45) is 8.11. The van der Waals surface area contributed by atoms with Crippen LogP contribution in [0.2, 0.25) is 0 Å². The number of anilines is 5. The number of hydrogen-bond donors (Lipinski definition) is 7. The molecule has 16 rings (SSSR count). The maximum Gasteiger partial charge on any atom is 0.407 e. The van der Waals surface area contributed by atoms with E-state index in [1.807, 2.05) is 151 Å². The number of aromatic nitrogens is 8. The summed E-state index contributed by atoms with van der Waals surface area (Å²) in [4.78, 5) is 70.1. The number of H-pyrrole nitrogens is 1. The van der Waals surface area contributed by atoms with Crippen LogP contribution < -0.4 is 46.7 Å². The number of ether oxygens (including phenoxy) is 3. The molecule has 0 unspecified atom stereocenters. The van der Waals surface area contributed by atoms with Crippen molar-refractivity contribution >= 4 is 166 Å².